The lowest BCUT2D eigenvalue weighted by Crippen LogP contribution is -2.08. The number of hydrogen-bond donors (Lipinski definition) is 2. The number of pyridine rings is 1. The third kappa shape index (κ3) is 5.76. The highest BCUT2D eigenvalue weighted by molar-refractivity contribution is 6.32. The second kappa shape index (κ2) is 10.9. The van der Waals surface area contributed by atoms with Crippen molar-refractivity contribution in [2.24, 2.45) is 0 Å². The summed E-state index contributed by atoms with van der Waals surface area (Å²) in [6.45, 7) is 0.146. The van der Waals surface area contributed by atoms with Crippen LogP contribution in [0.4, 0.5) is 10.3 Å². The Morgan fingerprint density at radius 1 is 0.789 bits per heavy atom. The van der Waals surface area contributed by atoms with Gasteiger partial charge in [0.1, 0.15) is 28.8 Å². The van der Waals surface area contributed by atoms with E-state index in [2.05, 4.69) is 35.2 Å². The van der Waals surface area contributed by atoms with Crippen LogP contribution < -0.4 is 24.3 Å². The molecule has 0 saturated carbocycles. The minimum Gasteiger partial charge on any atom is -0.497 e. The maximum atomic E-state index is 13.4. The van der Waals surface area contributed by atoms with Gasteiger partial charge in [-0.25, -0.2) is 4.98 Å². The molecule has 2 aromatic carbocycles. The van der Waals surface area contributed by atoms with Crippen molar-refractivity contribution < 1.29 is 23.3 Å². The van der Waals surface area contributed by atoms with Crippen LogP contribution in [0.1, 0.15) is 5.82 Å². The number of benzene rings is 2. The lowest BCUT2D eigenvalue weighted by atomic mass is 10.3. The predicted molar refractivity (Wildman–Crippen MR) is 137 cm³/mol. The van der Waals surface area contributed by atoms with Gasteiger partial charge in [0.05, 0.1) is 36.3 Å². The van der Waals surface area contributed by atoms with E-state index >= 15 is 0 Å². The van der Waals surface area contributed by atoms with Crippen LogP contribution >= 0.6 is 23.2 Å². The molecule has 0 radical (unpaired) electrons. The van der Waals surface area contributed by atoms with Gasteiger partial charge in [0.15, 0.2) is 5.65 Å². The molecule has 11 nitrogen and oxygen atoms in total. The summed E-state index contributed by atoms with van der Waals surface area (Å²) in [5.41, 5.74) is 0.823. The number of halogens is 3. The Morgan fingerprint density at radius 2 is 1.39 bits per heavy atom. The van der Waals surface area contributed by atoms with E-state index in [9.17, 15) is 4.39 Å². The smallest absolute Gasteiger partial charge is 0.330 e. The van der Waals surface area contributed by atoms with Gasteiger partial charge in [0, 0.05) is 12.1 Å². The number of fused-ring (bicyclic) bond motifs is 1. The van der Waals surface area contributed by atoms with Crippen molar-refractivity contribution in [1.82, 2.24) is 29.9 Å². The molecular formula is C24H18Cl2FN7O4. The Labute approximate surface area is 224 Å². The number of imidazole rings is 1. The van der Waals surface area contributed by atoms with E-state index in [1.165, 1.54) is 20.3 Å². The molecule has 194 valence electrons. The molecule has 0 saturated heterocycles. The molecule has 0 amide bonds. The minimum atomic E-state index is -0.626. The van der Waals surface area contributed by atoms with Crippen LogP contribution in [0.2, 0.25) is 10.0 Å². The zero-order valence-electron chi connectivity index (χ0n) is 19.8. The highest BCUT2D eigenvalue weighted by Crippen LogP contribution is 2.34. The first-order chi connectivity index (χ1) is 18.4. The lowest BCUT2D eigenvalue weighted by molar-refractivity contribution is 0.393. The number of anilines is 1. The third-order valence-corrected chi connectivity index (χ3v) is 5.64. The van der Waals surface area contributed by atoms with Crippen LogP contribution in [0.5, 0.6) is 35.0 Å². The Hall–Kier alpha value is -4.42. The van der Waals surface area contributed by atoms with E-state index < -0.39 is 5.95 Å². The number of nitrogens with one attached hydrogen (secondary N) is 2. The van der Waals surface area contributed by atoms with Crippen LogP contribution in [0.15, 0.2) is 48.5 Å². The predicted octanol–water partition coefficient (Wildman–Crippen LogP) is 5.80. The molecule has 14 heteroatoms. The zero-order chi connectivity index (χ0) is 26.6. The Balaban J connectivity index is 1.43. The summed E-state index contributed by atoms with van der Waals surface area (Å²) in [6.07, 6.45) is 0. The molecular weight excluding hydrogens is 540 g/mol. The normalized spacial score (nSPS) is 10.9. The van der Waals surface area contributed by atoms with E-state index in [-0.39, 0.29) is 51.7 Å². The molecule has 3 aromatic heterocycles. The fraction of sp³-hybridized carbons (Fsp3) is 0.125. The standard InChI is InChI=1S/C24H18Cl2FN7O4/c1-35-12-3-6-17(14(25)9-12)37-23-32-22(28-11-20-29-16-5-8-19(27)30-21(16)31-20)33-24(34-23)38-18-7-4-13(36-2)10-15(18)26/h3-10H,11H2,1-2H3,(H,29,30,31)(H,28,32,33,34). The summed E-state index contributed by atoms with van der Waals surface area (Å²) in [6, 6.07) is 12.3. The van der Waals surface area contributed by atoms with Gasteiger partial charge in [-0.2, -0.15) is 19.3 Å². The maximum Gasteiger partial charge on any atom is 0.330 e. The summed E-state index contributed by atoms with van der Waals surface area (Å²) >= 11 is 12.6. The monoisotopic (exact) mass is 557 g/mol. The number of H-pyrrole nitrogens is 1. The number of nitrogens with zero attached hydrogens (tertiary/aromatic N) is 5. The number of rotatable bonds is 9. The highest BCUT2D eigenvalue weighted by atomic mass is 35.5. The molecule has 3 heterocycles. The fourth-order valence-electron chi connectivity index (χ4n) is 3.25. The van der Waals surface area contributed by atoms with E-state index in [1.807, 2.05) is 0 Å². The summed E-state index contributed by atoms with van der Waals surface area (Å²) in [5.74, 6) is 1.61. The van der Waals surface area contributed by atoms with Gasteiger partial charge in [-0.1, -0.05) is 23.2 Å². The Bertz CT molecular complexity index is 1550. The first-order valence-corrected chi connectivity index (χ1v) is 11.7. The fourth-order valence-corrected chi connectivity index (χ4v) is 3.67. The minimum absolute atomic E-state index is 0.0962. The molecule has 2 N–H and O–H groups in total. The number of methoxy groups -OCH3 is 2. The summed E-state index contributed by atoms with van der Waals surface area (Å²) < 4.78 is 35.4. The molecule has 0 aliphatic carbocycles. The number of hydrogen-bond acceptors (Lipinski definition) is 10. The topological polar surface area (TPSA) is 129 Å². The molecule has 0 aliphatic rings. The average Bonchev–Trinajstić information content (AvgIpc) is 3.31. The third-order valence-electron chi connectivity index (χ3n) is 5.05. The SMILES string of the molecule is COc1ccc(Oc2nc(NCc3nc4nc(F)ccc4[nH]3)nc(Oc3ccc(OC)cc3Cl)n2)c(Cl)c1. The van der Waals surface area contributed by atoms with Gasteiger partial charge in [-0.15, -0.1) is 4.98 Å². The molecule has 0 spiro atoms. The summed E-state index contributed by atoms with van der Waals surface area (Å²) in [5, 5.41) is 3.57. The number of aromatic amines is 1. The van der Waals surface area contributed by atoms with Crippen LogP contribution in [0.25, 0.3) is 11.2 Å². The largest absolute Gasteiger partial charge is 0.497 e. The molecule has 5 aromatic rings. The van der Waals surface area contributed by atoms with E-state index in [1.54, 1.807) is 42.5 Å². The van der Waals surface area contributed by atoms with Crippen molar-refractivity contribution in [3.8, 4) is 35.0 Å². The van der Waals surface area contributed by atoms with Gasteiger partial charge in [-0.3, -0.25) is 0 Å². The van der Waals surface area contributed by atoms with E-state index in [4.69, 9.17) is 42.1 Å². The van der Waals surface area contributed by atoms with Gasteiger partial charge in [-0.05, 0) is 36.4 Å². The van der Waals surface area contributed by atoms with Crippen molar-refractivity contribution in [2.75, 3.05) is 19.5 Å². The molecule has 0 unspecified atom stereocenters. The van der Waals surface area contributed by atoms with Crippen molar-refractivity contribution in [2.45, 2.75) is 6.54 Å². The molecule has 0 atom stereocenters. The molecule has 38 heavy (non-hydrogen) atoms. The Morgan fingerprint density at radius 3 is 1.95 bits per heavy atom. The average molecular weight is 558 g/mol. The quantitative estimate of drug-likeness (QED) is 0.214. The van der Waals surface area contributed by atoms with Gasteiger partial charge in [0.2, 0.25) is 11.9 Å². The lowest BCUT2D eigenvalue weighted by Gasteiger charge is -2.12. The number of ether oxygens (including phenoxy) is 4. The van der Waals surface area contributed by atoms with Crippen LogP contribution in [-0.4, -0.2) is 44.1 Å². The maximum absolute atomic E-state index is 13.4. The second-order valence-corrected chi connectivity index (χ2v) is 8.38. The van der Waals surface area contributed by atoms with Gasteiger partial charge < -0.3 is 29.2 Å². The molecule has 0 aliphatic heterocycles. The van der Waals surface area contributed by atoms with E-state index in [0.29, 0.717) is 22.8 Å². The number of aromatic nitrogens is 6. The summed E-state index contributed by atoms with van der Waals surface area (Å²) in [4.78, 5) is 23.9. The highest BCUT2D eigenvalue weighted by Gasteiger charge is 2.15. The van der Waals surface area contributed by atoms with Crippen molar-refractivity contribution >= 4 is 40.3 Å². The summed E-state index contributed by atoms with van der Waals surface area (Å²) in [7, 11) is 3.05. The molecule has 0 bridgehead atoms. The van der Waals surface area contributed by atoms with Gasteiger partial charge in [0.25, 0.3) is 0 Å². The Kier molecular flexibility index (Phi) is 7.24. The van der Waals surface area contributed by atoms with Crippen LogP contribution in [0.3, 0.4) is 0 Å². The first kappa shape index (κ1) is 25.2. The molecule has 0 fully saturated rings. The first-order valence-electron chi connectivity index (χ1n) is 10.9. The van der Waals surface area contributed by atoms with Crippen LogP contribution in [-0.2, 0) is 6.54 Å². The molecule has 5 rings (SSSR count). The van der Waals surface area contributed by atoms with Crippen molar-refractivity contribution in [1.29, 1.82) is 0 Å². The van der Waals surface area contributed by atoms with Gasteiger partial charge >= 0.3 is 12.0 Å². The van der Waals surface area contributed by atoms with E-state index in [0.717, 1.165) is 0 Å². The second-order valence-electron chi connectivity index (χ2n) is 7.56. The van der Waals surface area contributed by atoms with Crippen molar-refractivity contribution in [3.05, 3.63) is 70.3 Å². The van der Waals surface area contributed by atoms with Crippen molar-refractivity contribution in [3.63, 3.8) is 0 Å². The zero-order valence-corrected chi connectivity index (χ0v) is 21.3. The van der Waals surface area contributed by atoms with Crippen LogP contribution in [0, 0.1) is 5.95 Å².